The third-order valence-electron chi connectivity index (χ3n) is 3.84. The van der Waals surface area contributed by atoms with Crippen molar-refractivity contribution in [1.29, 1.82) is 0 Å². The van der Waals surface area contributed by atoms with Crippen molar-refractivity contribution in [3.05, 3.63) is 12.2 Å². The molecular formula is C14H26N2. The highest BCUT2D eigenvalue weighted by molar-refractivity contribution is 4.90. The fraction of sp³-hybridized carbons (Fsp3) is 0.857. The minimum absolute atomic E-state index is 0.900. The van der Waals surface area contributed by atoms with Crippen molar-refractivity contribution in [2.75, 3.05) is 32.7 Å². The summed E-state index contributed by atoms with van der Waals surface area (Å²) in [7, 11) is 0. The third-order valence-corrected chi connectivity index (χ3v) is 3.84. The van der Waals surface area contributed by atoms with Crippen molar-refractivity contribution in [3.8, 4) is 0 Å². The molecule has 16 heavy (non-hydrogen) atoms. The summed E-state index contributed by atoms with van der Waals surface area (Å²) in [5, 5.41) is 3.62. The van der Waals surface area contributed by atoms with Gasteiger partial charge in [-0.15, -0.1) is 0 Å². The number of hydrogen-bond acceptors (Lipinski definition) is 2. The Morgan fingerprint density at radius 2 is 2.06 bits per heavy atom. The van der Waals surface area contributed by atoms with Gasteiger partial charge in [0.2, 0.25) is 0 Å². The fourth-order valence-electron chi connectivity index (χ4n) is 2.78. The summed E-state index contributed by atoms with van der Waals surface area (Å²) >= 11 is 0. The van der Waals surface area contributed by atoms with E-state index in [4.69, 9.17) is 0 Å². The topological polar surface area (TPSA) is 15.3 Å². The smallest absolute Gasteiger partial charge is 0.000664 e. The van der Waals surface area contributed by atoms with Crippen LogP contribution in [0.1, 0.15) is 38.5 Å². The van der Waals surface area contributed by atoms with Gasteiger partial charge in [0.1, 0.15) is 0 Å². The van der Waals surface area contributed by atoms with Crippen LogP contribution in [0.15, 0.2) is 12.2 Å². The van der Waals surface area contributed by atoms with Crippen LogP contribution in [0.25, 0.3) is 0 Å². The largest absolute Gasteiger partial charge is 0.316 e. The maximum Gasteiger partial charge on any atom is -0.000664 e. The van der Waals surface area contributed by atoms with Gasteiger partial charge in [-0.1, -0.05) is 12.2 Å². The molecule has 1 N–H and O–H groups in total. The van der Waals surface area contributed by atoms with Crippen LogP contribution >= 0.6 is 0 Å². The zero-order valence-corrected chi connectivity index (χ0v) is 10.5. The molecule has 0 aromatic heterocycles. The highest BCUT2D eigenvalue weighted by Crippen LogP contribution is 2.16. The molecule has 1 atom stereocenters. The average molecular weight is 222 g/mol. The van der Waals surface area contributed by atoms with E-state index in [0.717, 1.165) is 5.92 Å². The van der Waals surface area contributed by atoms with Gasteiger partial charge in [-0.3, -0.25) is 0 Å². The normalized spacial score (nSPS) is 26.4. The zero-order valence-electron chi connectivity index (χ0n) is 10.5. The summed E-state index contributed by atoms with van der Waals surface area (Å²) in [5.74, 6) is 0.900. The number of allylic oxidation sites excluding steroid dienone is 2. The van der Waals surface area contributed by atoms with Crippen LogP contribution in [0.2, 0.25) is 0 Å². The highest BCUT2D eigenvalue weighted by Gasteiger charge is 2.11. The van der Waals surface area contributed by atoms with Crippen LogP contribution < -0.4 is 5.32 Å². The maximum absolute atomic E-state index is 3.62. The monoisotopic (exact) mass is 222 g/mol. The molecule has 0 spiro atoms. The van der Waals surface area contributed by atoms with E-state index in [1.807, 2.05) is 0 Å². The second kappa shape index (κ2) is 7.08. The molecule has 0 aromatic carbocycles. The molecule has 0 amide bonds. The molecule has 1 saturated heterocycles. The van der Waals surface area contributed by atoms with Crippen LogP contribution in [0.3, 0.4) is 0 Å². The van der Waals surface area contributed by atoms with Crippen molar-refractivity contribution in [1.82, 2.24) is 10.2 Å². The molecule has 1 aliphatic carbocycles. The first-order valence-corrected chi connectivity index (χ1v) is 7.03. The second-order valence-electron chi connectivity index (χ2n) is 5.26. The first-order valence-electron chi connectivity index (χ1n) is 7.03. The first-order chi connectivity index (χ1) is 7.95. The molecule has 2 aliphatic rings. The fourth-order valence-corrected chi connectivity index (χ4v) is 2.78. The minimum atomic E-state index is 0.900. The highest BCUT2D eigenvalue weighted by atomic mass is 15.1. The van der Waals surface area contributed by atoms with E-state index < -0.39 is 0 Å². The number of nitrogens with zero attached hydrogens (tertiary/aromatic N) is 1. The van der Waals surface area contributed by atoms with Crippen LogP contribution in [-0.4, -0.2) is 37.6 Å². The molecule has 0 bridgehead atoms. The van der Waals surface area contributed by atoms with Crippen molar-refractivity contribution < 1.29 is 0 Å². The first kappa shape index (κ1) is 12.1. The average Bonchev–Trinajstić information content (AvgIpc) is 2.83. The lowest BCUT2D eigenvalue weighted by Crippen LogP contribution is -2.28. The lowest BCUT2D eigenvalue weighted by atomic mass is 9.94. The van der Waals surface area contributed by atoms with Crippen molar-refractivity contribution >= 4 is 0 Å². The van der Waals surface area contributed by atoms with Crippen LogP contribution in [-0.2, 0) is 0 Å². The summed E-state index contributed by atoms with van der Waals surface area (Å²) in [6, 6.07) is 0. The lowest BCUT2D eigenvalue weighted by Gasteiger charge is -2.19. The molecular weight excluding hydrogens is 196 g/mol. The van der Waals surface area contributed by atoms with Gasteiger partial charge in [-0.05, 0) is 77.2 Å². The van der Waals surface area contributed by atoms with E-state index in [1.165, 1.54) is 71.2 Å². The molecule has 0 saturated carbocycles. The molecule has 0 aromatic rings. The molecule has 1 aliphatic heterocycles. The van der Waals surface area contributed by atoms with E-state index in [1.54, 1.807) is 0 Å². The predicted octanol–water partition coefficient (Wildman–Crippen LogP) is 2.42. The lowest BCUT2D eigenvalue weighted by molar-refractivity contribution is 0.327. The van der Waals surface area contributed by atoms with Gasteiger partial charge in [0.05, 0.1) is 0 Å². The van der Waals surface area contributed by atoms with E-state index >= 15 is 0 Å². The summed E-state index contributed by atoms with van der Waals surface area (Å²) < 4.78 is 0. The van der Waals surface area contributed by atoms with E-state index in [0.29, 0.717) is 0 Å². The van der Waals surface area contributed by atoms with Gasteiger partial charge in [-0.25, -0.2) is 0 Å². The molecule has 1 heterocycles. The Hall–Kier alpha value is -0.340. The van der Waals surface area contributed by atoms with Crippen LogP contribution in [0.4, 0.5) is 0 Å². The van der Waals surface area contributed by atoms with E-state index in [9.17, 15) is 0 Å². The Morgan fingerprint density at radius 1 is 1.19 bits per heavy atom. The number of nitrogens with one attached hydrogen (secondary N) is 1. The summed E-state index contributed by atoms with van der Waals surface area (Å²) in [4.78, 5) is 2.60. The molecule has 1 unspecified atom stereocenters. The minimum Gasteiger partial charge on any atom is -0.316 e. The molecule has 2 nitrogen and oxygen atoms in total. The van der Waals surface area contributed by atoms with Gasteiger partial charge >= 0.3 is 0 Å². The second-order valence-corrected chi connectivity index (χ2v) is 5.26. The van der Waals surface area contributed by atoms with Gasteiger partial charge < -0.3 is 10.2 Å². The van der Waals surface area contributed by atoms with Crippen LogP contribution in [0.5, 0.6) is 0 Å². The zero-order chi connectivity index (χ0) is 11.1. The summed E-state index contributed by atoms with van der Waals surface area (Å²) in [6.45, 7) is 6.42. The molecule has 0 radical (unpaired) electrons. The van der Waals surface area contributed by atoms with Gasteiger partial charge in [0.25, 0.3) is 0 Å². The Balaban J connectivity index is 1.44. The van der Waals surface area contributed by atoms with Crippen molar-refractivity contribution in [3.63, 3.8) is 0 Å². The molecule has 92 valence electrons. The molecule has 1 fully saturated rings. The van der Waals surface area contributed by atoms with Gasteiger partial charge in [0, 0.05) is 0 Å². The third kappa shape index (κ3) is 4.26. The number of rotatable bonds is 6. The van der Waals surface area contributed by atoms with Crippen molar-refractivity contribution in [2.45, 2.75) is 38.5 Å². The summed E-state index contributed by atoms with van der Waals surface area (Å²) in [5.41, 5.74) is 0. The van der Waals surface area contributed by atoms with Crippen molar-refractivity contribution in [2.24, 2.45) is 5.92 Å². The molecule has 2 heteroatoms. The Labute approximate surface area is 100 Å². The standard InChI is InChI=1S/C14H26N2/c1-2-7-14(8-3-1)13-15-9-6-12-16-10-4-5-11-16/h1-2,14-15H,3-13H2. The number of likely N-dealkylation sites (tertiary alicyclic amines) is 1. The Bertz CT molecular complexity index is 207. The maximum atomic E-state index is 3.62. The predicted molar refractivity (Wildman–Crippen MR) is 69.6 cm³/mol. The number of hydrogen-bond donors (Lipinski definition) is 1. The summed E-state index contributed by atoms with van der Waals surface area (Å²) in [6.07, 6.45) is 12.8. The Morgan fingerprint density at radius 3 is 2.81 bits per heavy atom. The van der Waals surface area contributed by atoms with Gasteiger partial charge in [0.15, 0.2) is 0 Å². The van der Waals surface area contributed by atoms with Crippen LogP contribution in [0, 0.1) is 5.92 Å². The SMILES string of the molecule is C1=CCC(CNCCCN2CCCC2)CC1. The Kier molecular flexibility index (Phi) is 5.36. The van der Waals surface area contributed by atoms with E-state index in [2.05, 4.69) is 22.4 Å². The quantitative estimate of drug-likeness (QED) is 0.548. The molecule has 2 rings (SSSR count). The van der Waals surface area contributed by atoms with E-state index in [-0.39, 0.29) is 0 Å². The van der Waals surface area contributed by atoms with Gasteiger partial charge in [-0.2, -0.15) is 0 Å².